The third kappa shape index (κ3) is 2.23. The summed E-state index contributed by atoms with van der Waals surface area (Å²) in [6, 6.07) is 0.733. The fourth-order valence-corrected chi connectivity index (χ4v) is 2.57. The average Bonchev–Trinajstić information content (AvgIpc) is 2.79. The van der Waals surface area contributed by atoms with Crippen molar-refractivity contribution in [1.29, 1.82) is 0 Å². The number of nitrogens with one attached hydrogen (secondary N) is 1. The number of hydrogen-bond donors (Lipinski definition) is 1. The Morgan fingerprint density at radius 2 is 2.15 bits per heavy atom. The molecule has 2 nitrogen and oxygen atoms in total. The molecule has 0 amide bonds. The predicted octanol–water partition coefficient (Wildman–Crippen LogP) is 1.47. The standard InChI is InChI=1S/C11H22N2/c1-9(10-4-5-10)12-11(2)6-7-13(3)8-11/h9-10,12H,4-8H2,1-3H3/t9?,11-/m0/s1. The minimum absolute atomic E-state index is 0.386. The largest absolute Gasteiger partial charge is 0.307 e. The van der Waals surface area contributed by atoms with Crippen molar-refractivity contribution in [2.75, 3.05) is 20.1 Å². The summed E-state index contributed by atoms with van der Waals surface area (Å²) in [5, 5.41) is 3.81. The van der Waals surface area contributed by atoms with Crippen molar-refractivity contribution in [3.05, 3.63) is 0 Å². The van der Waals surface area contributed by atoms with Gasteiger partial charge in [0.2, 0.25) is 0 Å². The van der Waals surface area contributed by atoms with Crippen molar-refractivity contribution in [1.82, 2.24) is 10.2 Å². The van der Waals surface area contributed by atoms with Crippen LogP contribution in [0.2, 0.25) is 0 Å². The van der Waals surface area contributed by atoms with Crippen LogP contribution in [0.3, 0.4) is 0 Å². The summed E-state index contributed by atoms with van der Waals surface area (Å²) in [5.74, 6) is 0.975. The maximum atomic E-state index is 3.81. The van der Waals surface area contributed by atoms with E-state index in [2.05, 4.69) is 31.1 Å². The monoisotopic (exact) mass is 182 g/mol. The van der Waals surface area contributed by atoms with E-state index in [1.807, 2.05) is 0 Å². The smallest absolute Gasteiger partial charge is 0.0294 e. The maximum absolute atomic E-state index is 3.81. The normalized spacial score (nSPS) is 38.1. The molecule has 1 aliphatic carbocycles. The number of likely N-dealkylation sites (N-methyl/N-ethyl adjacent to an activating group) is 1. The van der Waals surface area contributed by atoms with Crippen LogP contribution < -0.4 is 5.32 Å². The second kappa shape index (κ2) is 3.25. The van der Waals surface area contributed by atoms with Gasteiger partial charge in [0.05, 0.1) is 0 Å². The minimum atomic E-state index is 0.386. The lowest BCUT2D eigenvalue weighted by atomic mass is 9.99. The van der Waals surface area contributed by atoms with Crippen molar-refractivity contribution in [2.24, 2.45) is 5.92 Å². The Kier molecular flexibility index (Phi) is 2.37. The summed E-state index contributed by atoms with van der Waals surface area (Å²) in [6.07, 6.45) is 4.20. The average molecular weight is 182 g/mol. The quantitative estimate of drug-likeness (QED) is 0.711. The molecular weight excluding hydrogens is 160 g/mol. The van der Waals surface area contributed by atoms with Crippen LogP contribution in [0.15, 0.2) is 0 Å². The molecule has 1 heterocycles. The first-order chi connectivity index (χ1) is 6.09. The Morgan fingerprint density at radius 3 is 2.62 bits per heavy atom. The number of likely N-dealkylation sites (tertiary alicyclic amines) is 1. The summed E-state index contributed by atoms with van der Waals surface area (Å²) in [5.41, 5.74) is 0.386. The van der Waals surface area contributed by atoms with E-state index < -0.39 is 0 Å². The molecule has 0 aromatic carbocycles. The molecule has 13 heavy (non-hydrogen) atoms. The van der Waals surface area contributed by atoms with Crippen LogP contribution >= 0.6 is 0 Å². The molecule has 2 rings (SSSR count). The van der Waals surface area contributed by atoms with E-state index in [-0.39, 0.29) is 0 Å². The van der Waals surface area contributed by atoms with E-state index in [1.54, 1.807) is 0 Å². The Labute approximate surface area is 81.7 Å². The molecule has 1 N–H and O–H groups in total. The van der Waals surface area contributed by atoms with Crippen molar-refractivity contribution in [2.45, 2.75) is 44.7 Å². The van der Waals surface area contributed by atoms with Gasteiger partial charge in [0.15, 0.2) is 0 Å². The van der Waals surface area contributed by atoms with Gasteiger partial charge in [0.25, 0.3) is 0 Å². The van der Waals surface area contributed by atoms with E-state index in [9.17, 15) is 0 Å². The molecule has 1 saturated carbocycles. The van der Waals surface area contributed by atoms with Gasteiger partial charge in [-0.3, -0.25) is 0 Å². The summed E-state index contributed by atoms with van der Waals surface area (Å²) in [7, 11) is 2.22. The highest BCUT2D eigenvalue weighted by Gasteiger charge is 2.36. The molecule has 0 aromatic rings. The molecule has 0 aromatic heterocycles. The molecule has 1 unspecified atom stereocenters. The second-order valence-electron chi connectivity index (χ2n) is 5.32. The second-order valence-corrected chi connectivity index (χ2v) is 5.32. The molecule has 2 fully saturated rings. The number of nitrogens with zero attached hydrogens (tertiary/aromatic N) is 1. The van der Waals surface area contributed by atoms with Gasteiger partial charge in [0.1, 0.15) is 0 Å². The molecule has 2 aliphatic rings. The molecule has 0 bridgehead atoms. The van der Waals surface area contributed by atoms with E-state index in [4.69, 9.17) is 0 Å². The van der Waals surface area contributed by atoms with E-state index in [0.29, 0.717) is 5.54 Å². The van der Waals surface area contributed by atoms with E-state index >= 15 is 0 Å². The van der Waals surface area contributed by atoms with E-state index in [1.165, 1.54) is 32.4 Å². The highest BCUT2D eigenvalue weighted by Crippen LogP contribution is 2.34. The van der Waals surface area contributed by atoms with Crippen LogP contribution in [0.25, 0.3) is 0 Å². The van der Waals surface area contributed by atoms with Crippen LogP contribution in [0, 0.1) is 5.92 Å². The molecule has 0 spiro atoms. The van der Waals surface area contributed by atoms with Gasteiger partial charge in [0, 0.05) is 18.1 Å². The fourth-order valence-electron chi connectivity index (χ4n) is 2.57. The van der Waals surface area contributed by atoms with Crippen LogP contribution in [0.4, 0.5) is 0 Å². The zero-order valence-corrected chi connectivity index (χ0v) is 9.14. The van der Waals surface area contributed by atoms with Crippen LogP contribution in [-0.4, -0.2) is 36.6 Å². The van der Waals surface area contributed by atoms with Gasteiger partial charge in [-0.05, 0) is 52.6 Å². The number of rotatable bonds is 3. The molecule has 0 radical (unpaired) electrons. The molecule has 76 valence electrons. The molecule has 2 atom stereocenters. The van der Waals surface area contributed by atoms with Crippen molar-refractivity contribution in [3.8, 4) is 0 Å². The third-order valence-electron chi connectivity index (χ3n) is 3.57. The van der Waals surface area contributed by atoms with Gasteiger partial charge in [-0.1, -0.05) is 0 Å². The predicted molar refractivity (Wildman–Crippen MR) is 55.8 cm³/mol. The Hall–Kier alpha value is -0.0800. The Morgan fingerprint density at radius 1 is 1.46 bits per heavy atom. The lowest BCUT2D eigenvalue weighted by molar-refractivity contribution is 0.294. The lowest BCUT2D eigenvalue weighted by Crippen LogP contribution is -2.49. The van der Waals surface area contributed by atoms with Crippen LogP contribution in [0.1, 0.15) is 33.1 Å². The summed E-state index contributed by atoms with van der Waals surface area (Å²) in [4.78, 5) is 2.42. The van der Waals surface area contributed by atoms with E-state index in [0.717, 1.165) is 12.0 Å². The zero-order chi connectivity index (χ0) is 9.47. The van der Waals surface area contributed by atoms with Crippen LogP contribution in [-0.2, 0) is 0 Å². The highest BCUT2D eigenvalue weighted by atomic mass is 15.2. The molecule has 2 heteroatoms. The van der Waals surface area contributed by atoms with Crippen molar-refractivity contribution < 1.29 is 0 Å². The lowest BCUT2D eigenvalue weighted by Gasteiger charge is -2.29. The SMILES string of the molecule is CC(N[C@@]1(C)CCN(C)C1)C1CC1. The molecular formula is C11H22N2. The van der Waals surface area contributed by atoms with Gasteiger partial charge in [-0.15, -0.1) is 0 Å². The first kappa shape index (κ1) is 9.47. The van der Waals surface area contributed by atoms with Crippen molar-refractivity contribution in [3.63, 3.8) is 0 Å². The summed E-state index contributed by atoms with van der Waals surface area (Å²) < 4.78 is 0. The van der Waals surface area contributed by atoms with Crippen molar-refractivity contribution >= 4 is 0 Å². The van der Waals surface area contributed by atoms with Gasteiger partial charge in [-0.2, -0.15) is 0 Å². The van der Waals surface area contributed by atoms with Gasteiger partial charge >= 0.3 is 0 Å². The minimum Gasteiger partial charge on any atom is -0.307 e. The first-order valence-corrected chi connectivity index (χ1v) is 5.55. The summed E-state index contributed by atoms with van der Waals surface area (Å²) in [6.45, 7) is 7.18. The number of hydrogen-bond acceptors (Lipinski definition) is 2. The highest BCUT2D eigenvalue weighted by molar-refractivity contribution is 4.96. The molecule has 1 aliphatic heterocycles. The topological polar surface area (TPSA) is 15.3 Å². The molecule has 1 saturated heterocycles. The first-order valence-electron chi connectivity index (χ1n) is 5.55. The fraction of sp³-hybridized carbons (Fsp3) is 1.00. The zero-order valence-electron chi connectivity index (χ0n) is 9.14. The third-order valence-corrected chi connectivity index (χ3v) is 3.57. The van der Waals surface area contributed by atoms with Crippen LogP contribution in [0.5, 0.6) is 0 Å². The van der Waals surface area contributed by atoms with Gasteiger partial charge in [-0.25, -0.2) is 0 Å². The Bertz CT molecular complexity index is 189. The van der Waals surface area contributed by atoms with Gasteiger partial charge < -0.3 is 10.2 Å². The summed E-state index contributed by atoms with van der Waals surface area (Å²) >= 11 is 0. The maximum Gasteiger partial charge on any atom is 0.0294 e. The Balaban J connectivity index is 1.85.